The number of halogens is 1. The van der Waals surface area contributed by atoms with Crippen molar-refractivity contribution in [3.05, 3.63) is 69.8 Å². The molecule has 2 aliphatic rings. The van der Waals surface area contributed by atoms with E-state index >= 15 is 0 Å². The predicted octanol–water partition coefficient (Wildman–Crippen LogP) is 4.18. The average molecular weight is 444 g/mol. The lowest BCUT2D eigenvalue weighted by molar-refractivity contribution is 0.0969. The summed E-state index contributed by atoms with van der Waals surface area (Å²) in [6, 6.07) is 10.3. The number of hydrogen-bond acceptors (Lipinski definition) is 5. The molecule has 5 nitrogen and oxygen atoms in total. The van der Waals surface area contributed by atoms with Gasteiger partial charge in [-0.3, -0.25) is 14.7 Å². The van der Waals surface area contributed by atoms with E-state index in [4.69, 9.17) is 4.74 Å². The minimum Gasteiger partial charge on any atom is -0.490 e. The largest absolute Gasteiger partial charge is 0.490 e. The lowest BCUT2D eigenvalue weighted by Crippen LogP contribution is -2.37. The van der Waals surface area contributed by atoms with E-state index < -0.39 is 0 Å². The highest BCUT2D eigenvalue weighted by Crippen LogP contribution is 2.30. The van der Waals surface area contributed by atoms with Crippen LogP contribution < -0.4 is 10.3 Å². The Balaban J connectivity index is 0.00000218. The maximum Gasteiger partial charge on any atom is 0.252 e. The molecular weight excluding hydrogens is 418 g/mol. The third-order valence-electron chi connectivity index (χ3n) is 5.94. The molecular formula is C23H26ClN3O2S. The van der Waals surface area contributed by atoms with Gasteiger partial charge in [-0.1, -0.05) is 0 Å². The zero-order valence-corrected chi connectivity index (χ0v) is 18.4. The Hall–Kier alpha value is -2.02. The lowest BCUT2D eigenvalue weighted by atomic mass is 10.0. The molecule has 0 amide bonds. The van der Waals surface area contributed by atoms with Crippen molar-refractivity contribution < 1.29 is 4.74 Å². The molecule has 0 aliphatic carbocycles. The van der Waals surface area contributed by atoms with Gasteiger partial charge in [-0.25, -0.2) is 0 Å². The monoisotopic (exact) mass is 443 g/mol. The van der Waals surface area contributed by atoms with Gasteiger partial charge in [0.1, 0.15) is 11.9 Å². The van der Waals surface area contributed by atoms with Crippen molar-refractivity contribution in [2.75, 3.05) is 18.8 Å². The molecule has 2 aliphatic heterocycles. The Morgan fingerprint density at radius 3 is 2.73 bits per heavy atom. The number of aryl methyl sites for hydroxylation is 1. The summed E-state index contributed by atoms with van der Waals surface area (Å²) in [7, 11) is 0. The molecule has 0 radical (unpaired) electrons. The van der Waals surface area contributed by atoms with E-state index in [1.54, 1.807) is 0 Å². The number of aromatic nitrogens is 2. The van der Waals surface area contributed by atoms with E-state index in [1.165, 1.54) is 11.1 Å². The maximum absolute atomic E-state index is 12.3. The van der Waals surface area contributed by atoms with Gasteiger partial charge in [-0.05, 0) is 66.5 Å². The molecule has 0 bridgehead atoms. The number of thioether (sulfide) groups is 1. The van der Waals surface area contributed by atoms with Crippen LogP contribution in [0.5, 0.6) is 5.75 Å². The van der Waals surface area contributed by atoms with Crippen LogP contribution in [-0.2, 0) is 18.7 Å². The van der Waals surface area contributed by atoms with Crippen LogP contribution in [0.25, 0.3) is 10.9 Å². The summed E-state index contributed by atoms with van der Waals surface area (Å²) in [5.74, 6) is 2.80. The molecule has 1 N–H and O–H groups in total. The lowest BCUT2D eigenvalue weighted by Gasteiger charge is -2.32. The minimum atomic E-state index is 0. The first-order valence-electron chi connectivity index (χ1n) is 10.3. The number of ether oxygens (including phenoxy) is 1. The molecule has 0 atom stereocenters. The van der Waals surface area contributed by atoms with Crippen molar-refractivity contribution in [2.45, 2.75) is 37.7 Å². The summed E-state index contributed by atoms with van der Waals surface area (Å²) in [5, 5.41) is 1.15. The van der Waals surface area contributed by atoms with E-state index in [-0.39, 0.29) is 24.1 Å². The topological polar surface area (TPSA) is 58.2 Å². The molecule has 3 aromatic rings. The van der Waals surface area contributed by atoms with Gasteiger partial charge in [0.25, 0.3) is 5.56 Å². The number of fused-ring (bicyclic) bond motifs is 3. The van der Waals surface area contributed by atoms with Crippen LogP contribution in [0, 0.1) is 0 Å². The standard InChI is InChI=1S/C23H25N3O2S.ClH/c27-23-21-15-29-12-7-19(21)20-13-18(1-2-22(20)25-23)28-17-5-10-26(11-6-17)14-16-3-8-24-9-4-16;/h1-4,8-9,13,17H,5-7,10-12,14-15H2,(H,25,27);1H. The molecule has 7 heteroatoms. The molecule has 0 saturated carbocycles. The summed E-state index contributed by atoms with van der Waals surface area (Å²) in [4.78, 5) is 21.9. The van der Waals surface area contributed by atoms with Crippen molar-refractivity contribution in [3.8, 4) is 5.75 Å². The summed E-state index contributed by atoms with van der Waals surface area (Å²) >= 11 is 1.83. The van der Waals surface area contributed by atoms with Crippen molar-refractivity contribution in [3.63, 3.8) is 0 Å². The Morgan fingerprint density at radius 1 is 1.13 bits per heavy atom. The quantitative estimate of drug-likeness (QED) is 0.655. The van der Waals surface area contributed by atoms with Gasteiger partial charge in [-0.2, -0.15) is 11.8 Å². The second-order valence-electron chi connectivity index (χ2n) is 7.87. The molecule has 4 heterocycles. The fourth-order valence-electron chi connectivity index (χ4n) is 4.36. The molecule has 0 unspecified atom stereocenters. The number of nitrogens with zero attached hydrogens (tertiary/aromatic N) is 2. The van der Waals surface area contributed by atoms with E-state index in [2.05, 4.69) is 33.1 Å². The van der Waals surface area contributed by atoms with E-state index in [1.807, 2.05) is 36.3 Å². The number of likely N-dealkylation sites (tertiary alicyclic amines) is 1. The van der Waals surface area contributed by atoms with Gasteiger partial charge in [0.2, 0.25) is 0 Å². The van der Waals surface area contributed by atoms with Crippen molar-refractivity contribution in [1.82, 2.24) is 14.9 Å². The number of H-pyrrole nitrogens is 1. The molecule has 30 heavy (non-hydrogen) atoms. The fraction of sp³-hybridized carbons (Fsp3) is 0.391. The maximum atomic E-state index is 12.3. The van der Waals surface area contributed by atoms with Crippen LogP contribution in [0.4, 0.5) is 0 Å². The fourth-order valence-corrected chi connectivity index (χ4v) is 5.37. The highest BCUT2D eigenvalue weighted by Gasteiger charge is 2.22. The number of aromatic amines is 1. The predicted molar refractivity (Wildman–Crippen MR) is 125 cm³/mol. The normalized spacial score (nSPS) is 17.3. The average Bonchev–Trinajstić information content (AvgIpc) is 2.77. The molecule has 2 aromatic heterocycles. The van der Waals surface area contributed by atoms with Crippen molar-refractivity contribution in [2.24, 2.45) is 0 Å². The summed E-state index contributed by atoms with van der Waals surface area (Å²) in [6.07, 6.45) is 6.98. The highest BCUT2D eigenvalue weighted by atomic mass is 35.5. The molecule has 1 saturated heterocycles. The Bertz CT molecular complexity index is 1070. The Labute approximate surface area is 186 Å². The number of benzene rings is 1. The van der Waals surface area contributed by atoms with Gasteiger partial charge in [0.05, 0.1) is 0 Å². The van der Waals surface area contributed by atoms with Gasteiger partial charge < -0.3 is 9.72 Å². The van der Waals surface area contributed by atoms with E-state index in [9.17, 15) is 4.79 Å². The minimum absolute atomic E-state index is 0. The van der Waals surface area contributed by atoms with Crippen LogP contribution in [0.3, 0.4) is 0 Å². The van der Waals surface area contributed by atoms with Crippen LogP contribution in [0.1, 0.15) is 29.5 Å². The van der Waals surface area contributed by atoms with E-state index in [0.29, 0.717) is 0 Å². The highest BCUT2D eigenvalue weighted by molar-refractivity contribution is 7.98. The van der Waals surface area contributed by atoms with Gasteiger partial charge in [0, 0.05) is 54.2 Å². The zero-order chi connectivity index (χ0) is 19.6. The van der Waals surface area contributed by atoms with Crippen molar-refractivity contribution in [1.29, 1.82) is 0 Å². The Kier molecular flexibility index (Phi) is 6.66. The molecule has 1 aromatic carbocycles. The first-order chi connectivity index (χ1) is 14.3. The number of piperidine rings is 1. The van der Waals surface area contributed by atoms with Gasteiger partial charge in [-0.15, -0.1) is 12.4 Å². The summed E-state index contributed by atoms with van der Waals surface area (Å²) in [5.41, 5.74) is 4.44. The number of nitrogens with one attached hydrogen (secondary N) is 1. The first-order valence-corrected chi connectivity index (χ1v) is 11.5. The molecule has 0 spiro atoms. The third kappa shape index (κ3) is 4.51. The molecule has 5 rings (SSSR count). The second kappa shape index (κ2) is 9.41. The van der Waals surface area contributed by atoms with Crippen LogP contribution in [0.15, 0.2) is 47.5 Å². The second-order valence-corrected chi connectivity index (χ2v) is 8.98. The van der Waals surface area contributed by atoms with Crippen LogP contribution >= 0.6 is 24.2 Å². The van der Waals surface area contributed by atoms with Crippen LogP contribution in [0.2, 0.25) is 0 Å². The number of rotatable bonds is 4. The van der Waals surface area contributed by atoms with Gasteiger partial charge in [0.15, 0.2) is 0 Å². The van der Waals surface area contributed by atoms with E-state index in [0.717, 1.165) is 72.6 Å². The summed E-state index contributed by atoms with van der Waals surface area (Å²) < 4.78 is 6.35. The van der Waals surface area contributed by atoms with Crippen molar-refractivity contribution >= 4 is 35.1 Å². The first kappa shape index (κ1) is 21.2. The molecule has 158 valence electrons. The SMILES string of the molecule is Cl.O=c1[nH]c2ccc(OC3CCN(Cc4ccncc4)CC3)cc2c2c1CSCC2. The summed E-state index contributed by atoms with van der Waals surface area (Å²) in [6.45, 7) is 3.06. The number of pyridine rings is 2. The third-order valence-corrected chi connectivity index (χ3v) is 6.92. The zero-order valence-electron chi connectivity index (χ0n) is 16.8. The van der Waals surface area contributed by atoms with Gasteiger partial charge >= 0.3 is 0 Å². The van der Waals surface area contributed by atoms with Crippen LogP contribution in [-0.4, -0.2) is 39.8 Å². The Morgan fingerprint density at radius 2 is 1.93 bits per heavy atom. The smallest absolute Gasteiger partial charge is 0.252 e. The number of hydrogen-bond donors (Lipinski definition) is 1. The molecule has 1 fully saturated rings.